The summed E-state index contributed by atoms with van der Waals surface area (Å²) in [4.78, 5) is 25.7. The summed E-state index contributed by atoms with van der Waals surface area (Å²) in [5.74, 6) is -0.0107. The largest absolute Gasteiger partial charge is 0.370 e. The van der Waals surface area contributed by atoms with Crippen LogP contribution in [-0.4, -0.2) is 47.6 Å². The van der Waals surface area contributed by atoms with Crippen molar-refractivity contribution in [3.63, 3.8) is 0 Å². The van der Waals surface area contributed by atoms with E-state index >= 15 is 0 Å². The predicted molar refractivity (Wildman–Crippen MR) is 78.7 cm³/mol. The minimum atomic E-state index is -0.412. The van der Waals surface area contributed by atoms with Crippen molar-refractivity contribution in [1.29, 1.82) is 0 Å². The smallest absolute Gasteiger partial charge is 0.244 e. The van der Waals surface area contributed by atoms with Crippen LogP contribution in [0.15, 0.2) is 0 Å². The molecule has 0 aromatic carbocycles. The molecule has 118 valence electrons. The Hall–Kier alpha value is -1.10. The Labute approximate surface area is 126 Å². The van der Waals surface area contributed by atoms with Crippen LogP contribution in [0.2, 0.25) is 0 Å². The van der Waals surface area contributed by atoms with Gasteiger partial charge in [0.15, 0.2) is 0 Å². The Morgan fingerprint density at radius 2 is 2.00 bits per heavy atom. The fraction of sp³-hybridized carbons (Fsp3) is 0.875. The molecular weight excluding hydrogens is 268 g/mol. The molecule has 0 aromatic heterocycles. The predicted octanol–water partition coefficient (Wildman–Crippen LogP) is 1.61. The molecule has 3 aliphatic rings. The molecule has 1 N–H and O–H groups in total. The van der Waals surface area contributed by atoms with E-state index in [0.29, 0.717) is 19.5 Å². The van der Waals surface area contributed by atoms with E-state index in [1.807, 2.05) is 4.90 Å². The van der Waals surface area contributed by atoms with Gasteiger partial charge in [-0.25, -0.2) is 0 Å². The van der Waals surface area contributed by atoms with Gasteiger partial charge in [-0.05, 0) is 32.6 Å². The van der Waals surface area contributed by atoms with Crippen LogP contribution in [0.4, 0.5) is 0 Å². The van der Waals surface area contributed by atoms with Crippen molar-refractivity contribution in [3.8, 4) is 0 Å². The second-order valence-electron chi connectivity index (χ2n) is 6.85. The Bertz CT molecular complexity index is 418. The van der Waals surface area contributed by atoms with Gasteiger partial charge >= 0.3 is 0 Å². The van der Waals surface area contributed by atoms with Crippen molar-refractivity contribution < 1.29 is 14.3 Å². The fourth-order valence-corrected chi connectivity index (χ4v) is 4.01. The highest BCUT2D eigenvalue weighted by Crippen LogP contribution is 2.42. The van der Waals surface area contributed by atoms with E-state index in [1.165, 1.54) is 32.1 Å². The highest BCUT2D eigenvalue weighted by Gasteiger charge is 2.42. The van der Waals surface area contributed by atoms with Crippen LogP contribution in [0.25, 0.3) is 0 Å². The van der Waals surface area contributed by atoms with Crippen LogP contribution < -0.4 is 5.32 Å². The van der Waals surface area contributed by atoms with E-state index in [0.717, 1.165) is 12.8 Å². The summed E-state index contributed by atoms with van der Waals surface area (Å²) in [5, 5.41) is 2.73. The minimum absolute atomic E-state index is 0.0223. The maximum atomic E-state index is 12.3. The normalized spacial score (nSPS) is 33.1. The van der Waals surface area contributed by atoms with E-state index in [9.17, 15) is 9.59 Å². The third-order valence-electron chi connectivity index (χ3n) is 5.20. The van der Waals surface area contributed by atoms with Crippen LogP contribution in [-0.2, 0) is 14.3 Å². The fourth-order valence-electron chi connectivity index (χ4n) is 4.01. The molecule has 1 spiro atoms. The molecule has 2 aliphatic heterocycles. The first-order chi connectivity index (χ1) is 10.1. The van der Waals surface area contributed by atoms with Crippen LogP contribution in [0.5, 0.6) is 0 Å². The molecule has 3 rings (SSSR count). The van der Waals surface area contributed by atoms with Crippen molar-refractivity contribution in [2.75, 3.05) is 13.1 Å². The monoisotopic (exact) mass is 294 g/mol. The maximum absolute atomic E-state index is 12.3. The average molecular weight is 294 g/mol. The minimum Gasteiger partial charge on any atom is -0.370 e. The molecule has 0 aromatic rings. The van der Waals surface area contributed by atoms with Gasteiger partial charge in [0.2, 0.25) is 11.8 Å². The van der Waals surface area contributed by atoms with Gasteiger partial charge in [-0.1, -0.05) is 19.3 Å². The number of ether oxygens (including phenoxy) is 1. The van der Waals surface area contributed by atoms with Crippen molar-refractivity contribution in [2.24, 2.45) is 0 Å². The molecule has 2 saturated heterocycles. The van der Waals surface area contributed by atoms with Crippen LogP contribution in [0.3, 0.4) is 0 Å². The third-order valence-corrected chi connectivity index (χ3v) is 5.20. The van der Waals surface area contributed by atoms with Crippen LogP contribution in [0, 0.1) is 0 Å². The highest BCUT2D eigenvalue weighted by atomic mass is 16.5. The number of rotatable bonds is 2. The Kier molecular flexibility index (Phi) is 4.20. The highest BCUT2D eigenvalue weighted by molar-refractivity contribution is 5.89. The molecule has 5 heteroatoms. The van der Waals surface area contributed by atoms with Gasteiger partial charge in [0.25, 0.3) is 0 Å². The molecule has 21 heavy (non-hydrogen) atoms. The number of amides is 2. The summed E-state index contributed by atoms with van der Waals surface area (Å²) in [7, 11) is 0. The molecule has 2 unspecified atom stereocenters. The molecule has 2 amide bonds. The first-order valence-corrected chi connectivity index (χ1v) is 8.34. The molecule has 3 fully saturated rings. The third kappa shape index (κ3) is 3.23. The topological polar surface area (TPSA) is 58.6 Å². The molecule has 5 nitrogen and oxygen atoms in total. The summed E-state index contributed by atoms with van der Waals surface area (Å²) in [6.07, 6.45) is 8.93. The lowest BCUT2D eigenvalue weighted by molar-refractivity contribution is -0.136. The standard InChI is InChI=1S/C16H26N2O3/c1-12-15(20)18(10-6-14(19)17-12)11-13-5-9-16(21-13)7-3-2-4-8-16/h12-13H,2-11H2,1H3,(H,17,19). The van der Waals surface area contributed by atoms with Gasteiger partial charge in [-0.2, -0.15) is 0 Å². The zero-order chi connectivity index (χ0) is 14.9. The number of hydrogen-bond donors (Lipinski definition) is 1. The number of carbonyl (C=O) groups excluding carboxylic acids is 2. The van der Waals surface area contributed by atoms with Crippen LogP contribution in [0.1, 0.15) is 58.3 Å². The Morgan fingerprint density at radius 3 is 2.76 bits per heavy atom. The van der Waals surface area contributed by atoms with Gasteiger partial charge < -0.3 is 15.0 Å². The Balaban J connectivity index is 1.59. The van der Waals surface area contributed by atoms with E-state index < -0.39 is 6.04 Å². The lowest BCUT2D eigenvalue weighted by atomic mass is 9.83. The van der Waals surface area contributed by atoms with Gasteiger partial charge in [-0.3, -0.25) is 9.59 Å². The molecule has 2 heterocycles. The number of nitrogens with zero attached hydrogens (tertiary/aromatic N) is 1. The Morgan fingerprint density at radius 1 is 1.24 bits per heavy atom. The van der Waals surface area contributed by atoms with Gasteiger partial charge in [0.1, 0.15) is 6.04 Å². The second kappa shape index (κ2) is 5.95. The van der Waals surface area contributed by atoms with Gasteiger partial charge in [0.05, 0.1) is 11.7 Å². The van der Waals surface area contributed by atoms with Gasteiger partial charge in [-0.15, -0.1) is 0 Å². The van der Waals surface area contributed by atoms with E-state index in [-0.39, 0.29) is 23.5 Å². The molecule has 1 aliphatic carbocycles. The summed E-state index contributed by atoms with van der Waals surface area (Å²) < 4.78 is 6.34. The van der Waals surface area contributed by atoms with Crippen LogP contribution >= 0.6 is 0 Å². The summed E-state index contributed by atoms with van der Waals surface area (Å²) in [5.41, 5.74) is 0.0947. The SMILES string of the molecule is CC1NC(=O)CCN(CC2CCC3(CCCCC3)O2)C1=O. The van der Waals surface area contributed by atoms with E-state index in [2.05, 4.69) is 5.32 Å². The molecular formula is C16H26N2O3. The number of hydrogen-bond acceptors (Lipinski definition) is 3. The summed E-state index contributed by atoms with van der Waals surface area (Å²) in [6, 6.07) is -0.412. The summed E-state index contributed by atoms with van der Waals surface area (Å²) >= 11 is 0. The average Bonchev–Trinajstić information content (AvgIpc) is 2.80. The lowest BCUT2D eigenvalue weighted by Crippen LogP contribution is -2.45. The summed E-state index contributed by atoms with van der Waals surface area (Å²) in [6.45, 7) is 2.92. The molecule has 0 bridgehead atoms. The molecule has 0 radical (unpaired) electrons. The van der Waals surface area contributed by atoms with Crippen molar-refractivity contribution in [1.82, 2.24) is 10.2 Å². The number of nitrogens with one attached hydrogen (secondary N) is 1. The first kappa shape index (κ1) is 14.8. The maximum Gasteiger partial charge on any atom is 0.244 e. The van der Waals surface area contributed by atoms with Crippen molar-refractivity contribution >= 4 is 11.8 Å². The lowest BCUT2D eigenvalue weighted by Gasteiger charge is -2.34. The second-order valence-corrected chi connectivity index (χ2v) is 6.85. The zero-order valence-electron chi connectivity index (χ0n) is 12.9. The van der Waals surface area contributed by atoms with Crippen molar-refractivity contribution in [3.05, 3.63) is 0 Å². The van der Waals surface area contributed by atoms with E-state index in [4.69, 9.17) is 4.74 Å². The number of carbonyl (C=O) groups is 2. The van der Waals surface area contributed by atoms with Crippen molar-refractivity contribution in [2.45, 2.75) is 76.0 Å². The molecule has 1 saturated carbocycles. The van der Waals surface area contributed by atoms with Gasteiger partial charge in [0, 0.05) is 19.5 Å². The van der Waals surface area contributed by atoms with E-state index in [1.54, 1.807) is 6.92 Å². The first-order valence-electron chi connectivity index (χ1n) is 8.34. The quantitative estimate of drug-likeness (QED) is 0.841. The zero-order valence-corrected chi connectivity index (χ0v) is 12.9. The molecule has 2 atom stereocenters.